The SMILES string of the molecule is COc1ccccc1/C=C/C(=O)OCC(=O)Nc1ccc(Br)c(C)c1. The third kappa shape index (κ3) is 5.76. The number of carbonyl (C=O) groups is 2. The highest BCUT2D eigenvalue weighted by atomic mass is 79.9. The quantitative estimate of drug-likeness (QED) is 0.585. The van der Waals surface area contributed by atoms with Gasteiger partial charge in [-0.1, -0.05) is 34.1 Å². The molecule has 0 aliphatic rings. The predicted molar refractivity (Wildman–Crippen MR) is 100 cm³/mol. The highest BCUT2D eigenvalue weighted by Crippen LogP contribution is 2.20. The monoisotopic (exact) mass is 403 g/mol. The van der Waals surface area contributed by atoms with Gasteiger partial charge in [0.05, 0.1) is 7.11 Å². The van der Waals surface area contributed by atoms with E-state index in [4.69, 9.17) is 9.47 Å². The lowest BCUT2D eigenvalue weighted by Gasteiger charge is -2.07. The summed E-state index contributed by atoms with van der Waals surface area (Å²) in [4.78, 5) is 23.6. The number of aryl methyl sites for hydroxylation is 1. The molecule has 1 N–H and O–H groups in total. The van der Waals surface area contributed by atoms with Gasteiger partial charge in [0.2, 0.25) is 0 Å². The summed E-state index contributed by atoms with van der Waals surface area (Å²) in [5, 5.41) is 2.68. The van der Waals surface area contributed by atoms with Crippen molar-refractivity contribution in [3.63, 3.8) is 0 Å². The summed E-state index contributed by atoms with van der Waals surface area (Å²) in [6.07, 6.45) is 2.84. The number of amides is 1. The fourth-order valence-corrected chi connectivity index (χ4v) is 2.31. The number of halogens is 1. The van der Waals surface area contributed by atoms with E-state index in [0.717, 1.165) is 15.6 Å². The van der Waals surface area contributed by atoms with Crippen molar-refractivity contribution in [1.29, 1.82) is 0 Å². The molecule has 0 bridgehead atoms. The minimum absolute atomic E-state index is 0.357. The first-order valence-corrected chi connectivity index (χ1v) is 8.33. The van der Waals surface area contributed by atoms with E-state index in [0.29, 0.717) is 11.4 Å². The second-order valence-corrected chi connectivity index (χ2v) is 6.05. The zero-order valence-electron chi connectivity index (χ0n) is 13.9. The van der Waals surface area contributed by atoms with Crippen LogP contribution in [0.1, 0.15) is 11.1 Å². The van der Waals surface area contributed by atoms with Crippen LogP contribution in [0.2, 0.25) is 0 Å². The standard InChI is InChI=1S/C19H18BrNO4/c1-13-11-15(8-9-16(13)20)21-18(22)12-25-19(23)10-7-14-5-3-4-6-17(14)24-2/h3-11H,12H2,1-2H3,(H,21,22)/b10-7+. The number of benzene rings is 2. The van der Waals surface area contributed by atoms with E-state index in [1.165, 1.54) is 6.08 Å². The molecule has 6 heteroatoms. The molecule has 0 heterocycles. The number of anilines is 1. The molecular weight excluding hydrogens is 386 g/mol. The van der Waals surface area contributed by atoms with E-state index in [9.17, 15) is 9.59 Å². The second kappa shape index (κ2) is 9.03. The third-order valence-corrected chi connectivity index (χ3v) is 4.21. The van der Waals surface area contributed by atoms with Crippen molar-refractivity contribution in [1.82, 2.24) is 0 Å². The number of nitrogens with one attached hydrogen (secondary N) is 1. The lowest BCUT2D eigenvalue weighted by Crippen LogP contribution is -2.20. The number of esters is 1. The van der Waals surface area contributed by atoms with Crippen LogP contribution in [0, 0.1) is 6.92 Å². The van der Waals surface area contributed by atoms with Crippen LogP contribution in [0.15, 0.2) is 53.0 Å². The highest BCUT2D eigenvalue weighted by molar-refractivity contribution is 9.10. The van der Waals surface area contributed by atoms with Gasteiger partial charge in [0.15, 0.2) is 6.61 Å². The number of rotatable bonds is 6. The maximum absolute atomic E-state index is 11.8. The Morgan fingerprint density at radius 1 is 1.20 bits per heavy atom. The van der Waals surface area contributed by atoms with Crippen LogP contribution in [0.3, 0.4) is 0 Å². The molecule has 130 valence electrons. The van der Waals surface area contributed by atoms with Gasteiger partial charge in [-0.2, -0.15) is 0 Å². The predicted octanol–water partition coefficient (Wildman–Crippen LogP) is 3.96. The summed E-state index contributed by atoms with van der Waals surface area (Å²) in [5.41, 5.74) is 2.39. The summed E-state index contributed by atoms with van der Waals surface area (Å²) in [6, 6.07) is 12.7. The van der Waals surface area contributed by atoms with Crippen molar-refractivity contribution in [2.45, 2.75) is 6.92 Å². The van der Waals surface area contributed by atoms with Gasteiger partial charge in [-0.25, -0.2) is 4.79 Å². The molecule has 0 atom stereocenters. The number of methoxy groups -OCH3 is 1. The molecule has 0 unspecified atom stereocenters. The zero-order valence-corrected chi connectivity index (χ0v) is 15.5. The van der Waals surface area contributed by atoms with Gasteiger partial charge < -0.3 is 14.8 Å². The average Bonchev–Trinajstić information content (AvgIpc) is 2.61. The minimum atomic E-state index is -0.604. The minimum Gasteiger partial charge on any atom is -0.496 e. The number of hydrogen-bond acceptors (Lipinski definition) is 4. The highest BCUT2D eigenvalue weighted by Gasteiger charge is 2.07. The summed E-state index contributed by atoms with van der Waals surface area (Å²) >= 11 is 3.39. The van der Waals surface area contributed by atoms with E-state index in [-0.39, 0.29) is 6.61 Å². The van der Waals surface area contributed by atoms with Crippen LogP contribution >= 0.6 is 15.9 Å². The van der Waals surface area contributed by atoms with E-state index in [1.807, 2.05) is 37.3 Å². The molecule has 2 rings (SSSR count). The van der Waals surface area contributed by atoms with E-state index < -0.39 is 11.9 Å². The molecule has 5 nitrogen and oxygen atoms in total. The van der Waals surface area contributed by atoms with Crippen LogP contribution in [0.5, 0.6) is 5.75 Å². The van der Waals surface area contributed by atoms with Crippen LogP contribution < -0.4 is 10.1 Å². The van der Waals surface area contributed by atoms with Gasteiger partial charge in [-0.15, -0.1) is 0 Å². The molecule has 25 heavy (non-hydrogen) atoms. The molecule has 0 aromatic heterocycles. The summed E-state index contributed by atoms with van der Waals surface area (Å²) in [5.74, 6) is -0.358. The lowest BCUT2D eigenvalue weighted by atomic mass is 10.2. The molecule has 2 aromatic rings. The molecule has 0 saturated carbocycles. The Kier molecular flexibility index (Phi) is 6.77. The van der Waals surface area contributed by atoms with Crippen molar-refractivity contribution < 1.29 is 19.1 Å². The average molecular weight is 404 g/mol. The second-order valence-electron chi connectivity index (χ2n) is 5.20. The van der Waals surface area contributed by atoms with Crippen molar-refractivity contribution in [2.75, 3.05) is 19.0 Å². The normalized spacial score (nSPS) is 10.5. The molecule has 0 fully saturated rings. The smallest absolute Gasteiger partial charge is 0.331 e. The summed E-state index contributed by atoms with van der Waals surface area (Å²) in [7, 11) is 1.55. The van der Waals surface area contributed by atoms with Crippen molar-refractivity contribution in [3.8, 4) is 5.75 Å². The topological polar surface area (TPSA) is 64.6 Å². The fraction of sp³-hybridized carbons (Fsp3) is 0.158. The van der Waals surface area contributed by atoms with Crippen molar-refractivity contribution in [2.24, 2.45) is 0 Å². The molecule has 0 saturated heterocycles. The van der Waals surface area contributed by atoms with Gasteiger partial charge in [0.25, 0.3) is 5.91 Å². The Morgan fingerprint density at radius 3 is 2.68 bits per heavy atom. The third-order valence-electron chi connectivity index (χ3n) is 3.33. The Labute approximate surface area is 154 Å². The molecule has 0 spiro atoms. The van der Waals surface area contributed by atoms with Crippen molar-refractivity contribution in [3.05, 3.63) is 64.1 Å². The van der Waals surface area contributed by atoms with Crippen LogP contribution in [0.4, 0.5) is 5.69 Å². The Hall–Kier alpha value is -2.60. The fourth-order valence-electron chi connectivity index (χ4n) is 2.07. The van der Waals surface area contributed by atoms with Gasteiger partial charge >= 0.3 is 5.97 Å². The Bertz CT molecular complexity index is 802. The first-order valence-electron chi connectivity index (χ1n) is 7.53. The zero-order chi connectivity index (χ0) is 18.2. The maximum Gasteiger partial charge on any atom is 0.331 e. The largest absolute Gasteiger partial charge is 0.496 e. The van der Waals surface area contributed by atoms with E-state index in [1.54, 1.807) is 25.3 Å². The van der Waals surface area contributed by atoms with Gasteiger partial charge in [0.1, 0.15) is 5.75 Å². The van der Waals surface area contributed by atoms with Crippen LogP contribution in [0.25, 0.3) is 6.08 Å². The molecular formula is C19H18BrNO4. The Balaban J connectivity index is 1.85. The molecule has 0 aliphatic heterocycles. The number of para-hydroxylation sites is 1. The molecule has 2 aromatic carbocycles. The number of carbonyl (C=O) groups excluding carboxylic acids is 2. The van der Waals surface area contributed by atoms with Gasteiger partial charge in [0, 0.05) is 21.8 Å². The Morgan fingerprint density at radius 2 is 1.96 bits per heavy atom. The summed E-state index contributed by atoms with van der Waals surface area (Å²) in [6.45, 7) is 1.56. The van der Waals surface area contributed by atoms with Crippen LogP contribution in [-0.2, 0) is 14.3 Å². The van der Waals surface area contributed by atoms with E-state index in [2.05, 4.69) is 21.2 Å². The first kappa shape index (κ1) is 18.7. The lowest BCUT2D eigenvalue weighted by molar-refractivity contribution is -0.142. The van der Waals surface area contributed by atoms with Gasteiger partial charge in [-0.05, 0) is 42.8 Å². The molecule has 0 radical (unpaired) electrons. The number of ether oxygens (including phenoxy) is 2. The summed E-state index contributed by atoms with van der Waals surface area (Å²) < 4.78 is 11.1. The molecule has 1 amide bonds. The van der Waals surface area contributed by atoms with Gasteiger partial charge in [-0.3, -0.25) is 4.79 Å². The number of hydrogen-bond donors (Lipinski definition) is 1. The molecule has 0 aliphatic carbocycles. The van der Waals surface area contributed by atoms with Crippen molar-refractivity contribution >= 4 is 39.6 Å². The van der Waals surface area contributed by atoms with E-state index >= 15 is 0 Å². The van der Waals surface area contributed by atoms with Crippen LogP contribution in [-0.4, -0.2) is 25.6 Å². The maximum atomic E-state index is 11.8. The first-order chi connectivity index (χ1) is 12.0.